The van der Waals surface area contributed by atoms with Crippen molar-refractivity contribution >= 4 is 22.3 Å². The minimum Gasteiger partial charge on any atom is -0.497 e. The van der Waals surface area contributed by atoms with Gasteiger partial charge in [-0.2, -0.15) is 0 Å². The fourth-order valence-electron chi connectivity index (χ4n) is 2.28. The molecule has 1 N–H and O–H groups in total. The first-order valence-corrected chi connectivity index (χ1v) is 7.40. The Balaban J connectivity index is 2.13. The summed E-state index contributed by atoms with van der Waals surface area (Å²) in [6.45, 7) is 0. The molecule has 114 valence electrons. The number of benzene rings is 1. The molecule has 0 saturated heterocycles. The van der Waals surface area contributed by atoms with E-state index in [1.165, 1.54) is 11.3 Å². The summed E-state index contributed by atoms with van der Waals surface area (Å²) < 4.78 is 12.6. The topological polar surface area (TPSA) is 73.1 Å². The molecule has 0 bridgehead atoms. The lowest BCUT2D eigenvalue weighted by Gasteiger charge is -2.09. The minimum atomic E-state index is -0.897. The van der Waals surface area contributed by atoms with Crippen molar-refractivity contribution in [3.63, 3.8) is 0 Å². The van der Waals surface area contributed by atoms with Crippen LogP contribution >= 0.6 is 11.3 Å². The Kier molecular flexibility index (Phi) is 3.72. The predicted molar refractivity (Wildman–Crippen MR) is 82.9 cm³/mol. The number of nitrogens with zero attached hydrogens (tertiary/aromatic N) is 2. The van der Waals surface area contributed by atoms with Crippen LogP contribution in [0, 0.1) is 0 Å². The molecule has 3 aromatic rings. The number of thiazole rings is 1. The van der Waals surface area contributed by atoms with Crippen LogP contribution in [0.4, 0.5) is 0 Å². The molecule has 7 heteroatoms. The third-order valence-electron chi connectivity index (χ3n) is 3.27. The quantitative estimate of drug-likeness (QED) is 0.783. The van der Waals surface area contributed by atoms with Crippen molar-refractivity contribution in [2.45, 2.75) is 6.42 Å². The van der Waals surface area contributed by atoms with Crippen LogP contribution in [-0.2, 0) is 11.2 Å². The van der Waals surface area contributed by atoms with Crippen molar-refractivity contribution in [2.75, 3.05) is 14.2 Å². The van der Waals surface area contributed by atoms with Crippen LogP contribution in [-0.4, -0.2) is 34.7 Å². The highest BCUT2D eigenvalue weighted by Crippen LogP contribution is 2.35. The number of hydrogen-bond acceptors (Lipinski definition) is 5. The van der Waals surface area contributed by atoms with Gasteiger partial charge in [0.15, 0.2) is 4.96 Å². The number of methoxy groups -OCH3 is 2. The zero-order chi connectivity index (χ0) is 15.7. The maximum Gasteiger partial charge on any atom is 0.309 e. The zero-order valence-corrected chi connectivity index (χ0v) is 12.9. The van der Waals surface area contributed by atoms with E-state index < -0.39 is 5.97 Å². The maximum atomic E-state index is 10.8. The minimum absolute atomic E-state index is 0.0942. The van der Waals surface area contributed by atoms with Gasteiger partial charge in [0.25, 0.3) is 0 Å². The van der Waals surface area contributed by atoms with E-state index in [0.717, 1.165) is 22.0 Å². The molecule has 0 atom stereocenters. The number of rotatable bonds is 5. The fourth-order valence-corrected chi connectivity index (χ4v) is 3.17. The van der Waals surface area contributed by atoms with E-state index in [1.54, 1.807) is 20.4 Å². The molecule has 3 rings (SSSR count). The molecule has 0 amide bonds. The van der Waals surface area contributed by atoms with E-state index in [1.807, 2.05) is 28.0 Å². The van der Waals surface area contributed by atoms with Gasteiger partial charge in [-0.3, -0.25) is 9.20 Å². The van der Waals surface area contributed by atoms with Gasteiger partial charge in [-0.05, 0) is 18.2 Å². The first kappa shape index (κ1) is 14.4. The molecule has 0 fully saturated rings. The van der Waals surface area contributed by atoms with Gasteiger partial charge in [-0.25, -0.2) is 4.98 Å². The molecule has 6 nitrogen and oxygen atoms in total. The number of fused-ring (bicyclic) bond motifs is 1. The van der Waals surface area contributed by atoms with Gasteiger partial charge in [0.1, 0.15) is 11.5 Å². The Hall–Kier alpha value is -2.54. The first-order chi connectivity index (χ1) is 10.6. The van der Waals surface area contributed by atoms with Crippen molar-refractivity contribution < 1.29 is 19.4 Å². The van der Waals surface area contributed by atoms with Gasteiger partial charge in [0.05, 0.1) is 32.0 Å². The molecule has 0 aliphatic rings. The third kappa shape index (κ3) is 2.50. The van der Waals surface area contributed by atoms with Gasteiger partial charge < -0.3 is 14.6 Å². The van der Waals surface area contributed by atoms with Gasteiger partial charge in [-0.1, -0.05) is 0 Å². The average Bonchev–Trinajstić information content (AvgIpc) is 3.05. The Morgan fingerprint density at radius 2 is 2.18 bits per heavy atom. The van der Waals surface area contributed by atoms with Crippen LogP contribution in [0.1, 0.15) is 5.69 Å². The Bertz CT molecular complexity index is 837. The number of aliphatic carboxylic acids is 1. The summed E-state index contributed by atoms with van der Waals surface area (Å²) in [4.78, 5) is 15.9. The first-order valence-electron chi connectivity index (χ1n) is 6.52. The van der Waals surface area contributed by atoms with Crippen LogP contribution in [0.3, 0.4) is 0 Å². The van der Waals surface area contributed by atoms with Gasteiger partial charge in [0.2, 0.25) is 0 Å². The van der Waals surface area contributed by atoms with Crippen LogP contribution in [0.2, 0.25) is 0 Å². The van der Waals surface area contributed by atoms with Crippen molar-refractivity contribution in [1.29, 1.82) is 0 Å². The molecule has 0 saturated carbocycles. The summed E-state index contributed by atoms with van der Waals surface area (Å²) in [7, 11) is 3.22. The van der Waals surface area contributed by atoms with Crippen molar-refractivity contribution in [3.8, 4) is 22.8 Å². The highest BCUT2D eigenvalue weighted by atomic mass is 32.1. The van der Waals surface area contributed by atoms with E-state index >= 15 is 0 Å². The smallest absolute Gasteiger partial charge is 0.309 e. The van der Waals surface area contributed by atoms with Crippen LogP contribution in [0.25, 0.3) is 16.2 Å². The number of ether oxygens (including phenoxy) is 2. The van der Waals surface area contributed by atoms with Crippen LogP contribution in [0.15, 0.2) is 29.8 Å². The van der Waals surface area contributed by atoms with Crippen LogP contribution < -0.4 is 9.47 Å². The SMILES string of the molecule is COc1ccc(OC)c(-c2csc3nc(CC(=O)O)cn23)c1. The number of imidazole rings is 1. The van der Waals surface area contributed by atoms with Gasteiger partial charge >= 0.3 is 5.97 Å². The summed E-state index contributed by atoms with van der Waals surface area (Å²) in [6.07, 6.45) is 1.65. The Morgan fingerprint density at radius 1 is 1.36 bits per heavy atom. The van der Waals surface area contributed by atoms with Gasteiger partial charge in [-0.15, -0.1) is 11.3 Å². The molecule has 2 aromatic heterocycles. The second kappa shape index (κ2) is 5.69. The second-order valence-electron chi connectivity index (χ2n) is 4.64. The van der Waals surface area contributed by atoms with Crippen molar-refractivity contribution in [3.05, 3.63) is 35.5 Å². The molecular formula is C15H14N2O4S. The average molecular weight is 318 g/mol. The highest BCUT2D eigenvalue weighted by Gasteiger charge is 2.15. The lowest BCUT2D eigenvalue weighted by atomic mass is 10.1. The molecular weight excluding hydrogens is 304 g/mol. The number of aromatic nitrogens is 2. The molecule has 22 heavy (non-hydrogen) atoms. The number of hydrogen-bond donors (Lipinski definition) is 1. The summed E-state index contributed by atoms with van der Waals surface area (Å²) in [5, 5.41) is 10.8. The van der Waals surface area contributed by atoms with E-state index in [9.17, 15) is 4.79 Å². The Morgan fingerprint density at radius 3 is 2.86 bits per heavy atom. The zero-order valence-electron chi connectivity index (χ0n) is 12.1. The maximum absolute atomic E-state index is 10.8. The van der Waals surface area contributed by atoms with Gasteiger partial charge in [0, 0.05) is 17.1 Å². The predicted octanol–water partition coefficient (Wildman–Crippen LogP) is 2.71. The molecule has 0 spiro atoms. The molecule has 1 aromatic carbocycles. The normalized spacial score (nSPS) is 10.8. The van der Waals surface area contributed by atoms with E-state index in [2.05, 4.69) is 4.98 Å². The number of carboxylic acid groups (broad SMARTS) is 1. The lowest BCUT2D eigenvalue weighted by Crippen LogP contribution is -1.99. The summed E-state index contributed by atoms with van der Waals surface area (Å²) >= 11 is 1.45. The summed E-state index contributed by atoms with van der Waals surface area (Å²) in [5.74, 6) is 0.543. The number of carbonyl (C=O) groups is 1. The second-order valence-corrected chi connectivity index (χ2v) is 5.48. The van der Waals surface area contributed by atoms with Crippen molar-refractivity contribution in [2.24, 2.45) is 0 Å². The number of carboxylic acids is 1. The molecule has 0 aliphatic carbocycles. The monoisotopic (exact) mass is 318 g/mol. The standard InChI is InChI=1S/C15H14N2O4S/c1-20-10-3-4-13(21-2)11(6-10)12-8-22-15-16-9(5-14(18)19)7-17(12)15/h3-4,6-8H,5H2,1-2H3,(H,18,19). The fraction of sp³-hybridized carbons (Fsp3) is 0.200. The van der Waals surface area contributed by atoms with Crippen molar-refractivity contribution in [1.82, 2.24) is 9.38 Å². The van der Waals surface area contributed by atoms with E-state index in [4.69, 9.17) is 14.6 Å². The third-order valence-corrected chi connectivity index (χ3v) is 4.11. The van der Waals surface area contributed by atoms with Crippen LogP contribution in [0.5, 0.6) is 11.5 Å². The largest absolute Gasteiger partial charge is 0.497 e. The molecule has 0 radical (unpaired) electrons. The Labute approximate surface area is 130 Å². The molecule has 2 heterocycles. The summed E-state index contributed by atoms with van der Waals surface area (Å²) in [5.41, 5.74) is 2.29. The lowest BCUT2D eigenvalue weighted by molar-refractivity contribution is -0.136. The highest BCUT2D eigenvalue weighted by molar-refractivity contribution is 7.15. The summed E-state index contributed by atoms with van der Waals surface area (Å²) in [6, 6.07) is 5.56. The van der Waals surface area contributed by atoms with E-state index in [0.29, 0.717) is 11.4 Å². The van der Waals surface area contributed by atoms with E-state index in [-0.39, 0.29) is 6.42 Å². The molecule has 0 aliphatic heterocycles. The molecule has 0 unspecified atom stereocenters.